The number of alkyl halides is 3. The van der Waals surface area contributed by atoms with Crippen LogP contribution in [0.1, 0.15) is 35.8 Å². The summed E-state index contributed by atoms with van der Waals surface area (Å²) in [5.41, 5.74) is -1.31. The van der Waals surface area contributed by atoms with Gasteiger partial charge in [0.25, 0.3) is 5.91 Å². The number of rotatable bonds is 8. The Morgan fingerprint density at radius 2 is 2.00 bits per heavy atom. The van der Waals surface area contributed by atoms with Crippen molar-refractivity contribution in [2.24, 2.45) is 5.92 Å². The van der Waals surface area contributed by atoms with E-state index in [4.69, 9.17) is 4.74 Å². The highest BCUT2D eigenvalue weighted by Crippen LogP contribution is 2.40. The Balaban J connectivity index is 1.40. The van der Waals surface area contributed by atoms with Gasteiger partial charge in [-0.05, 0) is 31.9 Å². The number of hydrogen-bond donors (Lipinski definition) is 2. The van der Waals surface area contributed by atoms with E-state index in [-0.39, 0.29) is 28.0 Å². The lowest BCUT2D eigenvalue weighted by Crippen LogP contribution is -2.39. The summed E-state index contributed by atoms with van der Waals surface area (Å²) in [6, 6.07) is 1.63. The van der Waals surface area contributed by atoms with Crippen LogP contribution in [0.2, 0.25) is 0 Å². The second kappa shape index (κ2) is 11.6. The van der Waals surface area contributed by atoms with Gasteiger partial charge in [0.05, 0.1) is 25.2 Å². The molecule has 3 aromatic rings. The Kier molecular flexibility index (Phi) is 8.43. The number of aliphatic hydroxyl groups excluding tert-OH is 1. The van der Waals surface area contributed by atoms with Crippen LogP contribution in [0.4, 0.5) is 28.5 Å². The van der Waals surface area contributed by atoms with Crippen molar-refractivity contribution in [3.05, 3.63) is 47.0 Å². The van der Waals surface area contributed by atoms with E-state index >= 15 is 0 Å². The van der Waals surface area contributed by atoms with Gasteiger partial charge in [-0.3, -0.25) is 10.1 Å². The monoisotopic (exact) mass is 555 g/mol. The number of hydrogen-bond acceptors (Lipinski definition) is 9. The van der Waals surface area contributed by atoms with Crippen molar-refractivity contribution in [2.45, 2.75) is 32.2 Å². The molecule has 0 saturated carbocycles. The standard InChI is InChI=1S/C24H25F4N5O4S/c1-3-37-22(35)13-4-6-33(7-5-13)19-11-29-17(10-30-19)21(34)32-23-31-18(12-38-23)14-8-15(24(26,27)28)20(36-2)16(25)9-14/h8-13,22,35H,3-7H2,1-2H3,(H,31,32,34). The number of amides is 1. The van der Waals surface area contributed by atoms with Gasteiger partial charge in [0.1, 0.15) is 17.1 Å². The maximum atomic E-state index is 14.3. The molecular weight excluding hydrogens is 530 g/mol. The van der Waals surface area contributed by atoms with Crippen molar-refractivity contribution < 1.29 is 36.9 Å². The van der Waals surface area contributed by atoms with E-state index in [1.807, 2.05) is 11.8 Å². The molecular formula is C24H25F4N5O4S. The fourth-order valence-corrected chi connectivity index (χ4v) is 4.82. The Hall–Kier alpha value is -3.36. The fourth-order valence-electron chi connectivity index (χ4n) is 4.11. The Labute approximate surface area is 219 Å². The number of nitrogens with one attached hydrogen (secondary N) is 1. The Morgan fingerprint density at radius 3 is 2.61 bits per heavy atom. The SMILES string of the molecule is CCOC(O)C1CCN(c2cnc(C(=O)Nc3nc(-c4cc(F)c(OC)c(C(F)(F)F)c4)cs3)cn2)CC1. The molecule has 0 radical (unpaired) electrons. The first-order valence-corrected chi connectivity index (χ1v) is 12.6. The highest BCUT2D eigenvalue weighted by atomic mass is 32.1. The van der Waals surface area contributed by atoms with E-state index < -0.39 is 35.5 Å². The molecule has 0 spiro atoms. The molecule has 0 aliphatic carbocycles. The largest absolute Gasteiger partial charge is 0.493 e. The first kappa shape index (κ1) is 27.7. The number of carbonyl (C=O) groups excluding carboxylic acids is 1. The smallest absolute Gasteiger partial charge is 0.420 e. The molecule has 2 N–H and O–H groups in total. The van der Waals surface area contributed by atoms with E-state index in [1.54, 1.807) is 0 Å². The summed E-state index contributed by atoms with van der Waals surface area (Å²) in [4.78, 5) is 27.2. The van der Waals surface area contributed by atoms with Crippen molar-refractivity contribution in [1.29, 1.82) is 0 Å². The summed E-state index contributed by atoms with van der Waals surface area (Å²) in [7, 11) is 0.955. The van der Waals surface area contributed by atoms with Crippen LogP contribution in [0.25, 0.3) is 11.3 Å². The average Bonchev–Trinajstić information content (AvgIpc) is 3.36. The van der Waals surface area contributed by atoms with Gasteiger partial charge < -0.3 is 19.5 Å². The van der Waals surface area contributed by atoms with Crippen molar-refractivity contribution in [2.75, 3.05) is 37.0 Å². The molecule has 204 valence electrons. The van der Waals surface area contributed by atoms with Crippen molar-refractivity contribution >= 4 is 28.2 Å². The lowest BCUT2D eigenvalue weighted by molar-refractivity contribution is -0.139. The first-order chi connectivity index (χ1) is 18.1. The van der Waals surface area contributed by atoms with Gasteiger partial charge in [-0.25, -0.2) is 19.3 Å². The van der Waals surface area contributed by atoms with Gasteiger partial charge in [-0.15, -0.1) is 11.3 Å². The van der Waals surface area contributed by atoms with Crippen LogP contribution in [-0.2, 0) is 10.9 Å². The van der Waals surface area contributed by atoms with E-state index in [0.29, 0.717) is 25.5 Å². The molecule has 0 bridgehead atoms. The van der Waals surface area contributed by atoms with Crippen LogP contribution < -0.4 is 15.0 Å². The number of anilines is 2. The second-order valence-electron chi connectivity index (χ2n) is 8.46. The minimum atomic E-state index is -4.83. The number of halogens is 4. The topological polar surface area (TPSA) is 110 Å². The zero-order valence-corrected chi connectivity index (χ0v) is 21.3. The molecule has 14 heteroatoms. The number of piperidine rings is 1. The maximum Gasteiger partial charge on any atom is 0.420 e. The third-order valence-corrected chi connectivity index (χ3v) is 6.81. The molecule has 1 saturated heterocycles. The number of ether oxygens (including phenoxy) is 2. The second-order valence-corrected chi connectivity index (χ2v) is 9.32. The number of thiazole rings is 1. The molecule has 38 heavy (non-hydrogen) atoms. The number of aromatic nitrogens is 3. The van der Waals surface area contributed by atoms with Crippen molar-refractivity contribution in [1.82, 2.24) is 15.0 Å². The van der Waals surface area contributed by atoms with E-state index in [1.165, 1.54) is 17.8 Å². The summed E-state index contributed by atoms with van der Waals surface area (Å²) in [5, 5.41) is 14.0. The minimum absolute atomic E-state index is 0.0157. The molecule has 9 nitrogen and oxygen atoms in total. The van der Waals surface area contributed by atoms with Gasteiger partial charge in [-0.2, -0.15) is 13.2 Å². The van der Waals surface area contributed by atoms with Gasteiger partial charge in [-0.1, -0.05) is 0 Å². The van der Waals surface area contributed by atoms with Gasteiger partial charge >= 0.3 is 6.18 Å². The third-order valence-electron chi connectivity index (χ3n) is 6.05. The fraction of sp³-hybridized carbons (Fsp3) is 0.417. The highest BCUT2D eigenvalue weighted by molar-refractivity contribution is 7.14. The quantitative estimate of drug-likeness (QED) is 0.307. The van der Waals surface area contributed by atoms with E-state index in [2.05, 4.69) is 25.0 Å². The lowest BCUT2D eigenvalue weighted by atomic mass is 9.96. The molecule has 4 rings (SSSR count). The van der Waals surface area contributed by atoms with Gasteiger partial charge in [0.2, 0.25) is 0 Å². The van der Waals surface area contributed by atoms with Crippen LogP contribution >= 0.6 is 11.3 Å². The van der Waals surface area contributed by atoms with Gasteiger partial charge in [0, 0.05) is 36.6 Å². The van der Waals surface area contributed by atoms with Crippen LogP contribution in [0.5, 0.6) is 5.75 Å². The predicted molar refractivity (Wildman–Crippen MR) is 132 cm³/mol. The summed E-state index contributed by atoms with van der Waals surface area (Å²) in [6.07, 6.45) is -1.39. The minimum Gasteiger partial charge on any atom is -0.493 e. The maximum absolute atomic E-state index is 14.3. The molecule has 1 aliphatic rings. The van der Waals surface area contributed by atoms with Crippen molar-refractivity contribution in [3.8, 4) is 17.0 Å². The third kappa shape index (κ3) is 6.19. The highest BCUT2D eigenvalue weighted by Gasteiger charge is 2.36. The molecule has 1 aliphatic heterocycles. The molecule has 2 aromatic heterocycles. The predicted octanol–water partition coefficient (Wildman–Crippen LogP) is 4.59. The van der Waals surface area contributed by atoms with E-state index in [9.17, 15) is 27.5 Å². The number of benzene rings is 1. The number of aliphatic hydroxyl groups is 1. The normalized spacial score (nSPS) is 15.4. The van der Waals surface area contributed by atoms with Gasteiger partial charge in [0.15, 0.2) is 23.0 Å². The van der Waals surface area contributed by atoms with Crippen LogP contribution in [0.3, 0.4) is 0 Å². The summed E-state index contributed by atoms with van der Waals surface area (Å²) in [6.45, 7) is 3.57. The first-order valence-electron chi connectivity index (χ1n) is 11.7. The molecule has 1 unspecified atom stereocenters. The Morgan fingerprint density at radius 1 is 1.26 bits per heavy atom. The molecule has 1 amide bonds. The van der Waals surface area contributed by atoms with E-state index in [0.717, 1.165) is 43.4 Å². The number of methoxy groups -OCH3 is 1. The molecule has 1 atom stereocenters. The van der Waals surface area contributed by atoms with Crippen LogP contribution in [-0.4, -0.2) is 59.1 Å². The molecule has 1 fully saturated rings. The summed E-state index contributed by atoms with van der Waals surface area (Å²) in [5.74, 6) is -2.06. The number of nitrogens with zero attached hydrogens (tertiary/aromatic N) is 4. The average molecular weight is 556 g/mol. The molecule has 3 heterocycles. The zero-order valence-electron chi connectivity index (χ0n) is 20.5. The lowest BCUT2D eigenvalue weighted by Gasteiger charge is -2.34. The van der Waals surface area contributed by atoms with Crippen LogP contribution in [0.15, 0.2) is 29.9 Å². The van der Waals surface area contributed by atoms with Crippen LogP contribution in [0, 0.1) is 11.7 Å². The van der Waals surface area contributed by atoms with Crippen molar-refractivity contribution in [3.63, 3.8) is 0 Å². The molecule has 1 aromatic carbocycles. The summed E-state index contributed by atoms with van der Waals surface area (Å²) < 4.78 is 64.1. The summed E-state index contributed by atoms with van der Waals surface area (Å²) >= 11 is 0.963. The number of carbonyl (C=O) groups is 1. The Bertz CT molecular complexity index is 1260. The zero-order chi connectivity index (χ0) is 27.4.